The van der Waals surface area contributed by atoms with Gasteiger partial charge >= 0.3 is 0 Å². The van der Waals surface area contributed by atoms with E-state index in [2.05, 4.69) is 5.32 Å². The van der Waals surface area contributed by atoms with Crippen LogP contribution in [0.2, 0.25) is 5.02 Å². The quantitative estimate of drug-likeness (QED) is 0.631. The summed E-state index contributed by atoms with van der Waals surface area (Å²) in [5, 5.41) is 12.6. The van der Waals surface area contributed by atoms with Crippen molar-refractivity contribution in [2.75, 3.05) is 5.32 Å². The van der Waals surface area contributed by atoms with Gasteiger partial charge in [-0.15, -0.1) is 0 Å². The van der Waals surface area contributed by atoms with Gasteiger partial charge in [-0.05, 0) is 49.1 Å². The number of hydrogen-bond acceptors (Lipinski definition) is 4. The Morgan fingerprint density at radius 2 is 1.77 bits per heavy atom. The molecule has 3 aromatic rings. The highest BCUT2D eigenvalue weighted by molar-refractivity contribution is 7.92. The van der Waals surface area contributed by atoms with E-state index in [9.17, 15) is 13.7 Å². The zero-order valence-electron chi connectivity index (χ0n) is 16.8. The minimum Gasteiger partial charge on any atom is -0.361 e. The minimum atomic E-state index is -3.81. The molecule has 2 atom stereocenters. The fourth-order valence-electron chi connectivity index (χ4n) is 4.09. The van der Waals surface area contributed by atoms with Crippen molar-refractivity contribution < 1.29 is 8.42 Å². The number of rotatable bonds is 4. The van der Waals surface area contributed by atoms with Gasteiger partial charge in [0.05, 0.1) is 12.1 Å². The zero-order chi connectivity index (χ0) is 21.5. The van der Waals surface area contributed by atoms with Crippen LogP contribution in [0.4, 0.5) is 5.82 Å². The smallest absolute Gasteiger partial charge is 0.200 e. The summed E-state index contributed by atoms with van der Waals surface area (Å²) in [4.78, 5) is 0.245. The van der Waals surface area contributed by atoms with Crippen molar-refractivity contribution in [3.8, 4) is 6.07 Å². The summed E-state index contributed by atoms with van der Waals surface area (Å²) in [6.07, 6.45) is 0.734. The number of hydrogen-bond donors (Lipinski definition) is 1. The maximum atomic E-state index is 13.4. The van der Waals surface area contributed by atoms with Crippen LogP contribution in [0.15, 0.2) is 59.5 Å². The SMILES string of the molecule is Cc1c2c(n(CCc3ccc(Cl)cc3)c1C)NC(c1ccccc1)C(C#N)S2(=O)=O. The number of nitrogens with zero attached hydrogens (tertiary/aromatic N) is 2. The Morgan fingerprint density at radius 1 is 1.10 bits per heavy atom. The van der Waals surface area contributed by atoms with E-state index in [4.69, 9.17) is 11.6 Å². The number of aromatic nitrogens is 1. The average molecular weight is 440 g/mol. The highest BCUT2D eigenvalue weighted by Crippen LogP contribution is 2.43. The molecule has 5 nitrogen and oxygen atoms in total. The second kappa shape index (κ2) is 7.82. The molecule has 1 N–H and O–H groups in total. The Hall–Kier alpha value is -2.75. The summed E-state index contributed by atoms with van der Waals surface area (Å²) >= 11 is 5.98. The number of aryl methyl sites for hydroxylation is 1. The highest BCUT2D eigenvalue weighted by Gasteiger charge is 2.45. The van der Waals surface area contributed by atoms with Gasteiger partial charge in [-0.3, -0.25) is 0 Å². The Morgan fingerprint density at radius 3 is 2.40 bits per heavy atom. The molecule has 0 aliphatic carbocycles. The van der Waals surface area contributed by atoms with Gasteiger partial charge in [0, 0.05) is 17.3 Å². The van der Waals surface area contributed by atoms with Crippen molar-refractivity contribution in [2.24, 2.45) is 0 Å². The fourth-order valence-corrected chi connectivity index (χ4v) is 6.20. The van der Waals surface area contributed by atoms with E-state index >= 15 is 0 Å². The van der Waals surface area contributed by atoms with Crippen LogP contribution < -0.4 is 5.32 Å². The molecule has 30 heavy (non-hydrogen) atoms. The molecule has 7 heteroatoms. The van der Waals surface area contributed by atoms with Crippen LogP contribution in [0.5, 0.6) is 0 Å². The first-order valence-electron chi connectivity index (χ1n) is 9.73. The van der Waals surface area contributed by atoms with Crippen molar-refractivity contribution >= 4 is 27.3 Å². The van der Waals surface area contributed by atoms with Crippen LogP contribution in [-0.4, -0.2) is 18.2 Å². The van der Waals surface area contributed by atoms with E-state index in [1.807, 2.05) is 79.1 Å². The van der Waals surface area contributed by atoms with Crippen molar-refractivity contribution in [3.05, 3.63) is 82.0 Å². The van der Waals surface area contributed by atoms with Gasteiger partial charge in [0.25, 0.3) is 0 Å². The predicted octanol–water partition coefficient (Wildman–Crippen LogP) is 4.83. The number of sulfone groups is 1. The van der Waals surface area contributed by atoms with Gasteiger partial charge in [0.15, 0.2) is 5.25 Å². The lowest BCUT2D eigenvalue weighted by Gasteiger charge is -2.31. The highest BCUT2D eigenvalue weighted by atomic mass is 35.5. The summed E-state index contributed by atoms with van der Waals surface area (Å²) in [5.74, 6) is 0.569. The number of nitriles is 1. The fraction of sp³-hybridized carbons (Fsp3) is 0.261. The Balaban J connectivity index is 1.78. The molecule has 1 aliphatic heterocycles. The summed E-state index contributed by atoms with van der Waals surface area (Å²) in [7, 11) is -3.81. The van der Waals surface area contributed by atoms with Gasteiger partial charge in [-0.25, -0.2) is 8.42 Å². The van der Waals surface area contributed by atoms with Gasteiger partial charge in [-0.2, -0.15) is 5.26 Å². The first kappa shape index (κ1) is 20.5. The van der Waals surface area contributed by atoms with Crippen molar-refractivity contribution in [3.63, 3.8) is 0 Å². The van der Waals surface area contributed by atoms with Crippen LogP contribution in [0.1, 0.15) is 28.4 Å². The third-order valence-electron chi connectivity index (χ3n) is 5.81. The second-order valence-electron chi connectivity index (χ2n) is 7.54. The molecule has 154 valence electrons. The maximum Gasteiger partial charge on any atom is 0.200 e. The summed E-state index contributed by atoms with van der Waals surface area (Å²) in [6.45, 7) is 4.35. The molecule has 0 bridgehead atoms. The van der Waals surface area contributed by atoms with Crippen LogP contribution in [0.25, 0.3) is 0 Å². The third-order valence-corrected chi connectivity index (χ3v) is 8.18. The van der Waals surface area contributed by atoms with Crippen LogP contribution >= 0.6 is 11.6 Å². The number of nitrogens with one attached hydrogen (secondary N) is 1. The number of anilines is 1. The lowest BCUT2D eigenvalue weighted by molar-refractivity contribution is 0.571. The van der Waals surface area contributed by atoms with E-state index in [1.165, 1.54) is 0 Å². The molecule has 2 aromatic carbocycles. The van der Waals surface area contributed by atoms with Crippen LogP contribution in [0.3, 0.4) is 0 Å². The summed E-state index contributed by atoms with van der Waals surface area (Å²) < 4.78 is 28.9. The van der Waals surface area contributed by atoms with Crippen LogP contribution in [-0.2, 0) is 22.8 Å². The first-order chi connectivity index (χ1) is 14.3. The molecule has 0 spiro atoms. The summed E-state index contributed by atoms with van der Waals surface area (Å²) in [5.41, 5.74) is 3.47. The molecular formula is C23H22ClN3O2S. The maximum absolute atomic E-state index is 13.4. The van der Waals surface area contributed by atoms with Gasteiger partial charge in [0.1, 0.15) is 10.7 Å². The number of benzene rings is 2. The zero-order valence-corrected chi connectivity index (χ0v) is 18.3. The van der Waals surface area contributed by atoms with Crippen molar-refractivity contribution in [2.45, 2.75) is 43.0 Å². The Labute approximate surface area is 181 Å². The molecule has 0 fully saturated rings. The van der Waals surface area contributed by atoms with E-state index in [-0.39, 0.29) is 4.90 Å². The molecule has 2 heterocycles. The minimum absolute atomic E-state index is 0.245. The first-order valence-corrected chi connectivity index (χ1v) is 11.7. The molecule has 4 rings (SSSR count). The van der Waals surface area contributed by atoms with E-state index in [1.54, 1.807) is 0 Å². The molecule has 2 unspecified atom stereocenters. The standard InChI is InChI=1S/C23H22ClN3O2S/c1-15-16(2)27(13-12-17-8-10-19(24)11-9-17)23-22(15)30(28,29)20(14-25)21(26-23)18-6-4-3-5-7-18/h3-11,20-21,26H,12-13H2,1-2H3. The van der Waals surface area contributed by atoms with Crippen molar-refractivity contribution in [1.29, 1.82) is 5.26 Å². The molecule has 0 saturated carbocycles. The predicted molar refractivity (Wildman–Crippen MR) is 118 cm³/mol. The Bertz CT molecular complexity index is 1230. The van der Waals surface area contributed by atoms with Crippen molar-refractivity contribution in [1.82, 2.24) is 4.57 Å². The normalized spacial score (nSPS) is 19.5. The lowest BCUT2D eigenvalue weighted by atomic mass is 10.0. The number of fused-ring (bicyclic) bond motifs is 1. The van der Waals surface area contributed by atoms with E-state index in [0.717, 1.165) is 23.2 Å². The molecule has 1 aliphatic rings. The monoisotopic (exact) mass is 439 g/mol. The summed E-state index contributed by atoms with van der Waals surface area (Å²) in [6, 6.07) is 18.3. The van der Waals surface area contributed by atoms with Gasteiger partial charge in [0.2, 0.25) is 9.84 Å². The van der Waals surface area contributed by atoms with E-state index in [0.29, 0.717) is 22.9 Å². The number of halogens is 1. The average Bonchev–Trinajstić information content (AvgIpc) is 2.98. The lowest BCUT2D eigenvalue weighted by Crippen LogP contribution is -2.37. The van der Waals surface area contributed by atoms with Crippen LogP contribution in [0, 0.1) is 25.2 Å². The molecule has 0 amide bonds. The largest absolute Gasteiger partial charge is 0.361 e. The van der Waals surface area contributed by atoms with E-state index < -0.39 is 21.1 Å². The molecule has 0 radical (unpaired) electrons. The Kier molecular flexibility index (Phi) is 5.35. The topological polar surface area (TPSA) is 74.9 Å². The molecule has 1 aromatic heterocycles. The molecule has 0 saturated heterocycles. The van der Waals surface area contributed by atoms with Gasteiger partial charge < -0.3 is 9.88 Å². The second-order valence-corrected chi connectivity index (χ2v) is 9.99. The van der Waals surface area contributed by atoms with Gasteiger partial charge in [-0.1, -0.05) is 54.1 Å². The third kappa shape index (κ3) is 3.38. The molecular weight excluding hydrogens is 418 g/mol.